The largest absolute Gasteiger partial charge is 0.317 e. The first-order chi connectivity index (χ1) is 8.01. The maximum absolute atomic E-state index is 14.4. The highest BCUT2D eigenvalue weighted by molar-refractivity contribution is 5.34. The van der Waals surface area contributed by atoms with Crippen LogP contribution in [0.25, 0.3) is 0 Å². The maximum atomic E-state index is 14.4. The van der Waals surface area contributed by atoms with Gasteiger partial charge in [0.2, 0.25) is 0 Å². The van der Waals surface area contributed by atoms with Gasteiger partial charge in [-0.25, -0.2) is 8.78 Å². The van der Waals surface area contributed by atoms with Gasteiger partial charge in [-0.3, -0.25) is 0 Å². The minimum Gasteiger partial charge on any atom is -0.317 e. The van der Waals surface area contributed by atoms with E-state index in [0.29, 0.717) is 31.5 Å². The molecule has 1 nitrogen and oxygen atoms in total. The van der Waals surface area contributed by atoms with Crippen molar-refractivity contribution in [2.24, 2.45) is 5.92 Å². The van der Waals surface area contributed by atoms with Gasteiger partial charge in [-0.05, 0) is 45.3 Å². The molecule has 1 saturated heterocycles. The number of alkyl halides is 2. The van der Waals surface area contributed by atoms with E-state index in [1.807, 2.05) is 13.0 Å². The molecule has 0 saturated carbocycles. The molecule has 0 unspecified atom stereocenters. The Bertz CT molecular complexity index is 395. The van der Waals surface area contributed by atoms with Crippen molar-refractivity contribution in [3.63, 3.8) is 0 Å². The molecule has 0 aromatic heterocycles. The van der Waals surface area contributed by atoms with Crippen molar-refractivity contribution >= 4 is 0 Å². The zero-order chi connectivity index (χ0) is 12.5. The first-order valence-corrected chi connectivity index (χ1v) is 6.18. The van der Waals surface area contributed by atoms with Crippen LogP contribution in [0.1, 0.15) is 29.5 Å². The van der Waals surface area contributed by atoms with Crippen LogP contribution in [0.5, 0.6) is 0 Å². The second-order valence-electron chi connectivity index (χ2n) is 4.97. The molecule has 1 aliphatic heterocycles. The monoisotopic (exact) mass is 239 g/mol. The SMILES string of the molecule is Cc1ccc(C(F)(F)C2CCNCC2)c(C)c1. The molecule has 0 radical (unpaired) electrons. The Hall–Kier alpha value is -0.960. The molecule has 0 bridgehead atoms. The van der Waals surface area contributed by atoms with Gasteiger partial charge < -0.3 is 5.32 Å². The molecule has 2 rings (SSSR count). The van der Waals surface area contributed by atoms with Gasteiger partial charge in [0.15, 0.2) is 0 Å². The Morgan fingerprint density at radius 2 is 1.82 bits per heavy atom. The van der Waals surface area contributed by atoms with Gasteiger partial charge >= 0.3 is 0 Å². The molecule has 3 heteroatoms. The van der Waals surface area contributed by atoms with Crippen molar-refractivity contribution in [2.75, 3.05) is 13.1 Å². The fourth-order valence-electron chi connectivity index (χ4n) is 2.59. The predicted octanol–water partition coefficient (Wildman–Crippen LogP) is 3.39. The van der Waals surface area contributed by atoms with Crippen molar-refractivity contribution in [3.8, 4) is 0 Å². The van der Waals surface area contributed by atoms with Crippen LogP contribution >= 0.6 is 0 Å². The minimum absolute atomic E-state index is 0.204. The molecule has 1 aliphatic rings. The molecule has 0 amide bonds. The molecule has 1 N–H and O–H groups in total. The molecule has 0 spiro atoms. The number of benzene rings is 1. The lowest BCUT2D eigenvalue weighted by Crippen LogP contribution is -2.36. The second-order valence-corrected chi connectivity index (χ2v) is 4.97. The van der Waals surface area contributed by atoms with E-state index in [2.05, 4.69) is 5.32 Å². The topological polar surface area (TPSA) is 12.0 Å². The Labute approximate surface area is 101 Å². The summed E-state index contributed by atoms with van der Waals surface area (Å²) < 4.78 is 28.8. The van der Waals surface area contributed by atoms with Crippen LogP contribution in [-0.4, -0.2) is 13.1 Å². The van der Waals surface area contributed by atoms with Crippen LogP contribution in [0.2, 0.25) is 0 Å². The number of piperidine rings is 1. The lowest BCUT2D eigenvalue weighted by molar-refractivity contribution is -0.0758. The van der Waals surface area contributed by atoms with E-state index >= 15 is 0 Å². The van der Waals surface area contributed by atoms with Gasteiger partial charge in [0.05, 0.1) is 0 Å². The molecular weight excluding hydrogens is 220 g/mol. The first kappa shape index (κ1) is 12.5. The molecule has 94 valence electrons. The minimum atomic E-state index is -2.69. The van der Waals surface area contributed by atoms with Crippen molar-refractivity contribution in [1.29, 1.82) is 0 Å². The smallest absolute Gasteiger partial charge is 0.276 e. The zero-order valence-corrected chi connectivity index (χ0v) is 10.4. The Morgan fingerprint density at radius 1 is 1.18 bits per heavy atom. The summed E-state index contributed by atoms with van der Waals surface area (Å²) in [6, 6.07) is 5.20. The molecule has 1 aromatic rings. The molecular formula is C14H19F2N. The van der Waals surface area contributed by atoms with Crippen molar-refractivity contribution in [2.45, 2.75) is 32.6 Å². The highest BCUT2D eigenvalue weighted by Gasteiger charge is 2.42. The fourth-order valence-corrected chi connectivity index (χ4v) is 2.59. The lowest BCUT2D eigenvalue weighted by Gasteiger charge is -2.31. The molecule has 1 fully saturated rings. The van der Waals surface area contributed by atoms with Crippen LogP contribution in [0.4, 0.5) is 8.78 Å². The van der Waals surface area contributed by atoms with E-state index in [4.69, 9.17) is 0 Å². The normalized spacial score (nSPS) is 18.4. The van der Waals surface area contributed by atoms with Crippen LogP contribution in [0.15, 0.2) is 18.2 Å². The predicted molar refractivity (Wildman–Crippen MR) is 65.4 cm³/mol. The third kappa shape index (κ3) is 2.49. The zero-order valence-electron chi connectivity index (χ0n) is 10.4. The summed E-state index contributed by atoms with van der Waals surface area (Å²) >= 11 is 0. The van der Waals surface area contributed by atoms with Gasteiger partial charge in [-0.1, -0.05) is 23.8 Å². The van der Waals surface area contributed by atoms with Gasteiger partial charge in [0.1, 0.15) is 0 Å². The number of hydrogen-bond donors (Lipinski definition) is 1. The van der Waals surface area contributed by atoms with E-state index in [1.165, 1.54) is 0 Å². The Kier molecular flexibility index (Phi) is 3.48. The molecule has 1 heterocycles. The number of halogens is 2. The quantitative estimate of drug-likeness (QED) is 0.834. The standard InChI is InChI=1S/C14H19F2N/c1-10-3-4-13(11(2)9-10)14(15,16)12-5-7-17-8-6-12/h3-4,9,12,17H,5-8H2,1-2H3. The summed E-state index contributed by atoms with van der Waals surface area (Å²) in [6.45, 7) is 5.10. The summed E-state index contributed by atoms with van der Waals surface area (Å²) in [4.78, 5) is 0. The highest BCUT2D eigenvalue weighted by atomic mass is 19.3. The van der Waals surface area contributed by atoms with Gasteiger partial charge in [0, 0.05) is 11.5 Å². The highest BCUT2D eigenvalue weighted by Crippen LogP contribution is 2.41. The molecule has 0 aliphatic carbocycles. The van der Waals surface area contributed by atoms with Crippen LogP contribution < -0.4 is 5.32 Å². The van der Waals surface area contributed by atoms with Crippen LogP contribution in [-0.2, 0) is 5.92 Å². The Balaban J connectivity index is 2.29. The van der Waals surface area contributed by atoms with Gasteiger partial charge in [0.25, 0.3) is 5.92 Å². The van der Waals surface area contributed by atoms with Crippen molar-refractivity contribution < 1.29 is 8.78 Å². The third-order valence-corrected chi connectivity index (χ3v) is 3.59. The summed E-state index contributed by atoms with van der Waals surface area (Å²) in [7, 11) is 0. The average molecular weight is 239 g/mol. The summed E-state index contributed by atoms with van der Waals surface area (Å²) in [5, 5.41) is 3.13. The molecule has 17 heavy (non-hydrogen) atoms. The lowest BCUT2D eigenvalue weighted by atomic mass is 9.85. The second kappa shape index (κ2) is 4.73. The Morgan fingerprint density at radius 3 is 2.41 bits per heavy atom. The molecule has 0 atom stereocenters. The van der Waals surface area contributed by atoms with Crippen LogP contribution in [0.3, 0.4) is 0 Å². The van der Waals surface area contributed by atoms with Gasteiger partial charge in [-0.2, -0.15) is 0 Å². The molecule has 1 aromatic carbocycles. The van der Waals surface area contributed by atoms with E-state index in [-0.39, 0.29) is 5.56 Å². The average Bonchev–Trinajstić information content (AvgIpc) is 2.29. The van der Waals surface area contributed by atoms with Crippen molar-refractivity contribution in [3.05, 3.63) is 34.9 Å². The third-order valence-electron chi connectivity index (χ3n) is 3.59. The summed E-state index contributed by atoms with van der Waals surface area (Å²) in [6.07, 6.45) is 1.11. The van der Waals surface area contributed by atoms with Gasteiger partial charge in [-0.15, -0.1) is 0 Å². The van der Waals surface area contributed by atoms with Crippen molar-refractivity contribution in [1.82, 2.24) is 5.32 Å². The number of aryl methyl sites for hydroxylation is 2. The van der Waals surface area contributed by atoms with E-state index in [0.717, 1.165) is 5.56 Å². The van der Waals surface area contributed by atoms with E-state index in [1.54, 1.807) is 19.1 Å². The number of nitrogens with one attached hydrogen (secondary N) is 1. The van der Waals surface area contributed by atoms with Crippen LogP contribution in [0, 0.1) is 19.8 Å². The summed E-state index contributed by atoms with van der Waals surface area (Å²) in [5.41, 5.74) is 1.94. The maximum Gasteiger partial charge on any atom is 0.276 e. The number of hydrogen-bond acceptors (Lipinski definition) is 1. The van der Waals surface area contributed by atoms with E-state index in [9.17, 15) is 8.78 Å². The van der Waals surface area contributed by atoms with E-state index < -0.39 is 11.8 Å². The summed E-state index contributed by atoms with van der Waals surface area (Å²) in [5.74, 6) is -3.22. The number of rotatable bonds is 2. The fraction of sp³-hybridized carbons (Fsp3) is 0.571. The first-order valence-electron chi connectivity index (χ1n) is 6.18.